The summed E-state index contributed by atoms with van der Waals surface area (Å²) in [6.45, 7) is 1.14. The summed E-state index contributed by atoms with van der Waals surface area (Å²) in [6, 6.07) is 7.34. The molecule has 16 heavy (non-hydrogen) atoms. The Morgan fingerprint density at radius 3 is 2.69 bits per heavy atom. The molecule has 1 heterocycles. The van der Waals surface area contributed by atoms with Crippen LogP contribution < -0.4 is 15.2 Å². The van der Waals surface area contributed by atoms with E-state index in [-0.39, 0.29) is 18.4 Å². The minimum Gasteiger partial charge on any atom is -0.486 e. The summed E-state index contributed by atoms with van der Waals surface area (Å²) in [4.78, 5) is 0. The molecule has 1 aromatic rings. The summed E-state index contributed by atoms with van der Waals surface area (Å²) in [5, 5.41) is 8.55. The van der Waals surface area contributed by atoms with Crippen molar-refractivity contribution in [1.82, 2.24) is 0 Å². The van der Waals surface area contributed by atoms with Gasteiger partial charge in [0.15, 0.2) is 11.5 Å². The molecular formula is C11H13ClN2O2. The SMILES string of the molecule is Cl.N#CC[C@H](N)c1ccc2c(c1)OCCO2. The lowest BCUT2D eigenvalue weighted by Crippen LogP contribution is -2.16. The molecule has 2 N–H and O–H groups in total. The zero-order chi connectivity index (χ0) is 10.7. The Labute approximate surface area is 100 Å². The third kappa shape index (κ3) is 2.57. The van der Waals surface area contributed by atoms with E-state index < -0.39 is 0 Å². The average molecular weight is 241 g/mol. The smallest absolute Gasteiger partial charge is 0.161 e. The number of nitrogens with zero attached hydrogens (tertiary/aromatic N) is 1. The fourth-order valence-electron chi connectivity index (χ4n) is 1.51. The van der Waals surface area contributed by atoms with Gasteiger partial charge < -0.3 is 15.2 Å². The van der Waals surface area contributed by atoms with Gasteiger partial charge in [-0.2, -0.15) is 5.26 Å². The van der Waals surface area contributed by atoms with Crippen molar-refractivity contribution < 1.29 is 9.47 Å². The highest BCUT2D eigenvalue weighted by Gasteiger charge is 2.14. The third-order valence-corrected chi connectivity index (χ3v) is 2.31. The van der Waals surface area contributed by atoms with Crippen LogP contribution in [-0.2, 0) is 0 Å². The Morgan fingerprint density at radius 2 is 2.00 bits per heavy atom. The maximum absolute atomic E-state index is 8.55. The van der Waals surface area contributed by atoms with Gasteiger partial charge in [0.05, 0.1) is 12.5 Å². The van der Waals surface area contributed by atoms with E-state index in [2.05, 4.69) is 0 Å². The second-order valence-electron chi connectivity index (χ2n) is 3.37. The van der Waals surface area contributed by atoms with E-state index in [0.29, 0.717) is 25.4 Å². The maximum Gasteiger partial charge on any atom is 0.161 e. The molecule has 0 amide bonds. The van der Waals surface area contributed by atoms with E-state index in [4.69, 9.17) is 20.5 Å². The Hall–Kier alpha value is -1.44. The average Bonchev–Trinajstić information content (AvgIpc) is 2.29. The van der Waals surface area contributed by atoms with Crippen LogP contribution in [0.4, 0.5) is 0 Å². The van der Waals surface area contributed by atoms with E-state index in [1.54, 1.807) is 0 Å². The number of nitrogens with two attached hydrogens (primary N) is 1. The van der Waals surface area contributed by atoms with Crippen molar-refractivity contribution in [1.29, 1.82) is 5.26 Å². The van der Waals surface area contributed by atoms with E-state index >= 15 is 0 Å². The minimum atomic E-state index is -0.258. The first kappa shape index (κ1) is 12.6. The fourth-order valence-corrected chi connectivity index (χ4v) is 1.51. The Morgan fingerprint density at radius 1 is 1.31 bits per heavy atom. The quantitative estimate of drug-likeness (QED) is 0.856. The predicted octanol–water partition coefficient (Wildman–Crippen LogP) is 1.79. The number of rotatable bonds is 2. The van der Waals surface area contributed by atoms with Gasteiger partial charge in [0, 0.05) is 6.04 Å². The van der Waals surface area contributed by atoms with Crippen LogP contribution in [0.25, 0.3) is 0 Å². The molecule has 0 saturated heterocycles. The number of hydrogen-bond donors (Lipinski definition) is 1. The van der Waals surface area contributed by atoms with Crippen molar-refractivity contribution in [3.63, 3.8) is 0 Å². The number of ether oxygens (including phenoxy) is 2. The second-order valence-corrected chi connectivity index (χ2v) is 3.37. The normalized spacial score (nSPS) is 14.5. The molecule has 1 aromatic carbocycles. The van der Waals surface area contributed by atoms with Crippen molar-refractivity contribution >= 4 is 12.4 Å². The molecule has 0 unspecified atom stereocenters. The summed E-state index contributed by atoms with van der Waals surface area (Å²) in [5.41, 5.74) is 6.72. The Kier molecular flexibility index (Phi) is 4.41. The van der Waals surface area contributed by atoms with Gasteiger partial charge in [0.25, 0.3) is 0 Å². The Bertz CT molecular complexity index is 403. The van der Waals surface area contributed by atoms with Gasteiger partial charge in [-0.05, 0) is 17.7 Å². The van der Waals surface area contributed by atoms with Crippen LogP contribution in [0.15, 0.2) is 18.2 Å². The van der Waals surface area contributed by atoms with Crippen LogP contribution in [0.2, 0.25) is 0 Å². The maximum atomic E-state index is 8.55. The van der Waals surface area contributed by atoms with Crippen LogP contribution >= 0.6 is 12.4 Å². The molecule has 1 aliphatic heterocycles. The molecule has 1 atom stereocenters. The number of halogens is 1. The first-order chi connectivity index (χ1) is 7.31. The summed E-state index contributed by atoms with van der Waals surface area (Å²) < 4.78 is 10.8. The van der Waals surface area contributed by atoms with Gasteiger partial charge in [0.2, 0.25) is 0 Å². The molecule has 0 fully saturated rings. The third-order valence-electron chi connectivity index (χ3n) is 2.31. The topological polar surface area (TPSA) is 68.3 Å². The van der Waals surface area contributed by atoms with Crippen LogP contribution in [0.3, 0.4) is 0 Å². The van der Waals surface area contributed by atoms with Crippen molar-refractivity contribution in [2.75, 3.05) is 13.2 Å². The van der Waals surface area contributed by atoms with Gasteiger partial charge in [-0.1, -0.05) is 6.07 Å². The lowest BCUT2D eigenvalue weighted by atomic mass is 10.0. The molecule has 5 heteroatoms. The van der Waals surface area contributed by atoms with Crippen molar-refractivity contribution in [2.45, 2.75) is 12.5 Å². The zero-order valence-electron chi connectivity index (χ0n) is 8.68. The summed E-state index contributed by atoms with van der Waals surface area (Å²) in [7, 11) is 0. The van der Waals surface area contributed by atoms with Crippen molar-refractivity contribution in [2.24, 2.45) is 5.73 Å². The molecule has 0 saturated carbocycles. The van der Waals surface area contributed by atoms with Crippen LogP contribution in [0.1, 0.15) is 18.0 Å². The van der Waals surface area contributed by atoms with Gasteiger partial charge >= 0.3 is 0 Å². The number of hydrogen-bond acceptors (Lipinski definition) is 4. The lowest BCUT2D eigenvalue weighted by molar-refractivity contribution is 0.171. The predicted molar refractivity (Wildman–Crippen MR) is 61.8 cm³/mol. The highest BCUT2D eigenvalue weighted by molar-refractivity contribution is 5.85. The van der Waals surface area contributed by atoms with Gasteiger partial charge in [-0.25, -0.2) is 0 Å². The molecule has 0 radical (unpaired) electrons. The first-order valence-electron chi connectivity index (χ1n) is 4.83. The molecule has 0 aromatic heterocycles. The van der Waals surface area contributed by atoms with Crippen molar-refractivity contribution in [3.05, 3.63) is 23.8 Å². The molecule has 0 spiro atoms. The largest absolute Gasteiger partial charge is 0.486 e. The van der Waals surface area contributed by atoms with E-state index in [1.807, 2.05) is 24.3 Å². The molecular weight excluding hydrogens is 228 g/mol. The molecule has 86 valence electrons. The molecule has 4 nitrogen and oxygen atoms in total. The number of benzene rings is 1. The standard InChI is InChI=1S/C11H12N2O2.ClH/c12-4-3-9(13)8-1-2-10-11(7-8)15-6-5-14-10;/h1-2,7,9H,3,5-6,13H2;1H/t9-;/m0./s1. The highest BCUT2D eigenvalue weighted by Crippen LogP contribution is 2.32. The lowest BCUT2D eigenvalue weighted by Gasteiger charge is -2.19. The fraction of sp³-hybridized carbons (Fsp3) is 0.364. The summed E-state index contributed by atoms with van der Waals surface area (Å²) in [6.07, 6.45) is 0.305. The van der Waals surface area contributed by atoms with Gasteiger partial charge in [-0.15, -0.1) is 12.4 Å². The van der Waals surface area contributed by atoms with Crippen LogP contribution in [0.5, 0.6) is 11.5 Å². The summed E-state index contributed by atoms with van der Waals surface area (Å²) in [5.74, 6) is 1.46. The highest BCUT2D eigenvalue weighted by atomic mass is 35.5. The van der Waals surface area contributed by atoms with Gasteiger partial charge in [-0.3, -0.25) is 0 Å². The van der Waals surface area contributed by atoms with Crippen LogP contribution in [-0.4, -0.2) is 13.2 Å². The molecule has 1 aliphatic rings. The van der Waals surface area contributed by atoms with Crippen LogP contribution in [0, 0.1) is 11.3 Å². The zero-order valence-corrected chi connectivity index (χ0v) is 9.50. The van der Waals surface area contributed by atoms with E-state index in [0.717, 1.165) is 11.3 Å². The van der Waals surface area contributed by atoms with E-state index in [9.17, 15) is 0 Å². The first-order valence-corrected chi connectivity index (χ1v) is 4.83. The summed E-state index contributed by atoms with van der Waals surface area (Å²) >= 11 is 0. The minimum absolute atomic E-state index is 0. The number of nitriles is 1. The monoisotopic (exact) mass is 240 g/mol. The van der Waals surface area contributed by atoms with Gasteiger partial charge in [0.1, 0.15) is 13.2 Å². The van der Waals surface area contributed by atoms with E-state index in [1.165, 1.54) is 0 Å². The molecule has 2 rings (SSSR count). The number of fused-ring (bicyclic) bond motifs is 1. The molecule has 0 bridgehead atoms. The Balaban J connectivity index is 0.00000128. The van der Waals surface area contributed by atoms with Crippen molar-refractivity contribution in [3.8, 4) is 17.6 Å². The second kappa shape index (κ2) is 5.59. The molecule has 0 aliphatic carbocycles.